The molecule has 1 aromatic heterocycles. The van der Waals surface area contributed by atoms with Crippen LogP contribution in [0.2, 0.25) is 0 Å². The number of aryl methyl sites for hydroxylation is 2. The van der Waals surface area contributed by atoms with E-state index in [1.807, 2.05) is 37.3 Å². The number of rotatable bonds is 4. The maximum absolute atomic E-state index is 12.1. The Balaban J connectivity index is 1.66. The van der Waals surface area contributed by atoms with Crippen LogP contribution < -0.4 is 15.4 Å². The molecular weight excluding hydrogens is 304 g/mol. The summed E-state index contributed by atoms with van der Waals surface area (Å²) in [7, 11) is 3.45. The van der Waals surface area contributed by atoms with Crippen molar-refractivity contribution in [1.82, 2.24) is 15.1 Å². The molecule has 24 heavy (non-hydrogen) atoms. The Morgan fingerprint density at radius 2 is 1.96 bits per heavy atom. The molecule has 0 atom stereocenters. The summed E-state index contributed by atoms with van der Waals surface area (Å²) in [5.74, 6) is 1.53. The van der Waals surface area contributed by atoms with Gasteiger partial charge in [0.05, 0.1) is 13.3 Å². The summed E-state index contributed by atoms with van der Waals surface area (Å²) in [5.41, 5.74) is 1.96. The van der Waals surface area contributed by atoms with Crippen molar-refractivity contribution in [3.8, 4) is 5.75 Å². The van der Waals surface area contributed by atoms with Crippen molar-refractivity contribution < 1.29 is 9.53 Å². The Kier molecular flexibility index (Phi) is 4.37. The van der Waals surface area contributed by atoms with Gasteiger partial charge < -0.3 is 10.1 Å². The van der Waals surface area contributed by atoms with Crippen LogP contribution in [0.1, 0.15) is 11.1 Å². The standard InChI is InChI=1S/C18H20N4O2/c1-12-10-20-22(2)17(12)21-18(23)19-11-13-4-5-15-9-16(24-3)7-6-14(15)8-13/h4-10H,11H2,1-3H3,(H2,19,21,23). The van der Waals surface area contributed by atoms with Gasteiger partial charge in [0.2, 0.25) is 0 Å². The molecular formula is C18H20N4O2. The summed E-state index contributed by atoms with van der Waals surface area (Å²) in [6, 6.07) is 11.8. The number of ether oxygens (including phenoxy) is 1. The molecule has 6 nitrogen and oxygen atoms in total. The van der Waals surface area contributed by atoms with Crippen molar-refractivity contribution in [2.45, 2.75) is 13.5 Å². The van der Waals surface area contributed by atoms with Crippen LogP contribution in [0.4, 0.5) is 10.6 Å². The van der Waals surface area contributed by atoms with Gasteiger partial charge in [-0.2, -0.15) is 5.10 Å². The number of aromatic nitrogens is 2. The van der Waals surface area contributed by atoms with Gasteiger partial charge in [-0.25, -0.2) is 4.79 Å². The Labute approximate surface area is 140 Å². The molecule has 3 rings (SSSR count). The Bertz CT molecular complexity index is 866. The van der Waals surface area contributed by atoms with Crippen LogP contribution in [0.15, 0.2) is 42.6 Å². The average molecular weight is 324 g/mol. The number of amides is 2. The molecule has 0 unspecified atom stereocenters. The smallest absolute Gasteiger partial charge is 0.320 e. The van der Waals surface area contributed by atoms with E-state index in [1.165, 1.54) is 0 Å². The van der Waals surface area contributed by atoms with Crippen LogP contribution in [0.25, 0.3) is 10.8 Å². The van der Waals surface area contributed by atoms with Crippen molar-refractivity contribution in [3.63, 3.8) is 0 Å². The zero-order valence-corrected chi connectivity index (χ0v) is 14.0. The summed E-state index contributed by atoms with van der Waals surface area (Å²) in [5, 5.41) is 12.0. The number of nitrogens with zero attached hydrogens (tertiary/aromatic N) is 2. The number of fused-ring (bicyclic) bond motifs is 1. The lowest BCUT2D eigenvalue weighted by molar-refractivity contribution is 0.251. The van der Waals surface area contributed by atoms with Gasteiger partial charge in [0, 0.05) is 19.2 Å². The predicted molar refractivity (Wildman–Crippen MR) is 94.3 cm³/mol. The first-order valence-corrected chi connectivity index (χ1v) is 7.67. The lowest BCUT2D eigenvalue weighted by Gasteiger charge is -2.10. The lowest BCUT2D eigenvalue weighted by Crippen LogP contribution is -2.29. The van der Waals surface area contributed by atoms with E-state index in [1.54, 1.807) is 25.0 Å². The largest absolute Gasteiger partial charge is 0.497 e. The van der Waals surface area contributed by atoms with E-state index >= 15 is 0 Å². The molecule has 0 spiro atoms. The first kappa shape index (κ1) is 15.9. The molecule has 6 heteroatoms. The molecule has 3 aromatic rings. The number of nitrogens with one attached hydrogen (secondary N) is 2. The van der Waals surface area contributed by atoms with Crippen LogP contribution in [-0.4, -0.2) is 22.9 Å². The van der Waals surface area contributed by atoms with Gasteiger partial charge in [0.1, 0.15) is 11.6 Å². The summed E-state index contributed by atoms with van der Waals surface area (Å²) in [6.07, 6.45) is 1.72. The van der Waals surface area contributed by atoms with E-state index in [-0.39, 0.29) is 6.03 Å². The zero-order chi connectivity index (χ0) is 17.1. The third kappa shape index (κ3) is 3.32. The SMILES string of the molecule is COc1ccc2cc(CNC(=O)Nc3c(C)cnn3C)ccc2c1. The van der Waals surface area contributed by atoms with Crippen LogP contribution >= 0.6 is 0 Å². The molecule has 0 bridgehead atoms. The second-order valence-electron chi connectivity index (χ2n) is 5.65. The molecule has 0 aliphatic carbocycles. The van der Waals surface area contributed by atoms with E-state index in [2.05, 4.69) is 21.8 Å². The topological polar surface area (TPSA) is 68.2 Å². The van der Waals surface area contributed by atoms with Gasteiger partial charge in [-0.15, -0.1) is 0 Å². The first-order valence-electron chi connectivity index (χ1n) is 7.67. The van der Waals surface area contributed by atoms with E-state index in [4.69, 9.17) is 4.74 Å². The fourth-order valence-electron chi connectivity index (χ4n) is 2.57. The van der Waals surface area contributed by atoms with E-state index in [9.17, 15) is 4.79 Å². The highest BCUT2D eigenvalue weighted by Crippen LogP contribution is 2.21. The van der Waals surface area contributed by atoms with E-state index in [0.29, 0.717) is 12.4 Å². The van der Waals surface area contributed by atoms with Crippen LogP contribution in [0.5, 0.6) is 5.75 Å². The van der Waals surface area contributed by atoms with Crippen molar-refractivity contribution in [2.75, 3.05) is 12.4 Å². The van der Waals surface area contributed by atoms with Crippen molar-refractivity contribution in [1.29, 1.82) is 0 Å². The molecule has 0 aliphatic heterocycles. The molecule has 2 amide bonds. The second kappa shape index (κ2) is 6.62. The summed E-state index contributed by atoms with van der Waals surface area (Å²) in [6.45, 7) is 2.35. The highest BCUT2D eigenvalue weighted by Gasteiger charge is 2.08. The molecule has 0 radical (unpaired) electrons. The van der Waals surface area contributed by atoms with Gasteiger partial charge in [0.25, 0.3) is 0 Å². The molecule has 0 aliphatic rings. The fourth-order valence-corrected chi connectivity index (χ4v) is 2.57. The van der Waals surface area contributed by atoms with Gasteiger partial charge >= 0.3 is 6.03 Å². The Hall–Kier alpha value is -3.02. The number of urea groups is 1. The highest BCUT2D eigenvalue weighted by atomic mass is 16.5. The molecule has 0 fully saturated rings. The molecule has 1 heterocycles. The average Bonchev–Trinajstić information content (AvgIpc) is 2.91. The molecule has 124 valence electrons. The number of hydrogen-bond acceptors (Lipinski definition) is 3. The van der Waals surface area contributed by atoms with Crippen molar-refractivity contribution >= 4 is 22.6 Å². The Morgan fingerprint density at radius 3 is 2.67 bits per heavy atom. The quantitative estimate of drug-likeness (QED) is 0.774. The van der Waals surface area contributed by atoms with Crippen LogP contribution in [-0.2, 0) is 13.6 Å². The van der Waals surface area contributed by atoms with E-state index < -0.39 is 0 Å². The number of hydrogen-bond donors (Lipinski definition) is 2. The van der Waals surface area contributed by atoms with Crippen LogP contribution in [0, 0.1) is 6.92 Å². The third-order valence-corrected chi connectivity index (χ3v) is 3.92. The number of anilines is 1. The monoisotopic (exact) mass is 324 g/mol. The maximum Gasteiger partial charge on any atom is 0.320 e. The second-order valence-corrected chi connectivity index (χ2v) is 5.65. The number of benzene rings is 2. The summed E-state index contributed by atoms with van der Waals surface area (Å²) < 4.78 is 6.87. The number of carbonyl (C=O) groups is 1. The lowest BCUT2D eigenvalue weighted by atomic mass is 10.1. The van der Waals surface area contributed by atoms with Crippen LogP contribution in [0.3, 0.4) is 0 Å². The van der Waals surface area contributed by atoms with Gasteiger partial charge in [-0.05, 0) is 41.5 Å². The van der Waals surface area contributed by atoms with Gasteiger partial charge in [0.15, 0.2) is 0 Å². The van der Waals surface area contributed by atoms with Gasteiger partial charge in [-0.1, -0.05) is 18.2 Å². The number of carbonyl (C=O) groups excluding carboxylic acids is 1. The minimum Gasteiger partial charge on any atom is -0.497 e. The molecule has 0 saturated carbocycles. The summed E-state index contributed by atoms with van der Waals surface area (Å²) in [4.78, 5) is 12.1. The minimum absolute atomic E-state index is 0.253. The number of methoxy groups -OCH3 is 1. The summed E-state index contributed by atoms with van der Waals surface area (Å²) >= 11 is 0. The molecule has 2 N–H and O–H groups in total. The normalized spacial score (nSPS) is 10.6. The van der Waals surface area contributed by atoms with Gasteiger partial charge in [-0.3, -0.25) is 10.00 Å². The first-order chi connectivity index (χ1) is 11.6. The molecule has 2 aromatic carbocycles. The highest BCUT2D eigenvalue weighted by molar-refractivity contribution is 5.89. The maximum atomic E-state index is 12.1. The van der Waals surface area contributed by atoms with E-state index in [0.717, 1.165) is 27.6 Å². The van der Waals surface area contributed by atoms with Crippen molar-refractivity contribution in [3.05, 3.63) is 53.7 Å². The zero-order valence-electron chi connectivity index (χ0n) is 14.0. The minimum atomic E-state index is -0.253. The third-order valence-electron chi connectivity index (χ3n) is 3.92. The predicted octanol–water partition coefficient (Wildman–Crippen LogP) is 3.21. The Morgan fingerprint density at radius 1 is 1.21 bits per heavy atom. The molecule has 0 saturated heterocycles. The van der Waals surface area contributed by atoms with Crippen molar-refractivity contribution in [2.24, 2.45) is 7.05 Å². The fraction of sp³-hybridized carbons (Fsp3) is 0.222.